The van der Waals surface area contributed by atoms with Crippen LogP contribution < -0.4 is 10.6 Å². The molecular formula is C22H21ClN4O. The van der Waals surface area contributed by atoms with Crippen LogP contribution >= 0.6 is 11.6 Å². The zero-order chi connectivity index (χ0) is 19.3. The maximum absolute atomic E-state index is 8.92. The predicted octanol–water partition coefficient (Wildman–Crippen LogP) is 4.64. The topological polar surface area (TPSA) is 62.1 Å². The number of anilines is 2. The number of aliphatic hydroxyl groups is 1. The van der Waals surface area contributed by atoms with Crippen molar-refractivity contribution in [2.24, 2.45) is 0 Å². The summed E-state index contributed by atoms with van der Waals surface area (Å²) in [6, 6.07) is 18.0. The summed E-state index contributed by atoms with van der Waals surface area (Å²) in [5, 5.41) is 18.2. The molecule has 0 fully saturated rings. The third-order valence-electron chi connectivity index (χ3n) is 4.54. The first-order chi connectivity index (χ1) is 13.8. The smallest absolute Gasteiger partial charge is 0.139 e. The van der Waals surface area contributed by atoms with Gasteiger partial charge in [-0.25, -0.2) is 4.98 Å². The first kappa shape index (κ1) is 18.5. The molecule has 0 radical (unpaired) electrons. The molecule has 2 aromatic carbocycles. The van der Waals surface area contributed by atoms with Gasteiger partial charge in [-0.1, -0.05) is 54.1 Å². The average molecular weight is 393 g/mol. The van der Waals surface area contributed by atoms with Crippen molar-refractivity contribution in [3.63, 3.8) is 0 Å². The van der Waals surface area contributed by atoms with Crippen LogP contribution in [0.15, 0.2) is 73.2 Å². The van der Waals surface area contributed by atoms with E-state index in [-0.39, 0.29) is 6.61 Å². The molecule has 28 heavy (non-hydrogen) atoms. The maximum atomic E-state index is 8.92. The number of nitrogens with one attached hydrogen (secondary N) is 2. The predicted molar refractivity (Wildman–Crippen MR) is 115 cm³/mol. The van der Waals surface area contributed by atoms with E-state index in [0.29, 0.717) is 18.2 Å². The molecule has 0 aliphatic rings. The molecule has 0 unspecified atom stereocenters. The SMILES string of the molecule is OCCNCn1cc2ccnc(Nc3cccc(-c4ccccc4)c3Cl)c2c1. The fourth-order valence-corrected chi connectivity index (χ4v) is 3.48. The summed E-state index contributed by atoms with van der Waals surface area (Å²) in [7, 11) is 0. The monoisotopic (exact) mass is 392 g/mol. The number of aliphatic hydroxyl groups excluding tert-OH is 1. The summed E-state index contributed by atoms with van der Waals surface area (Å²) in [6.45, 7) is 1.30. The number of rotatable bonds is 7. The molecule has 0 bridgehead atoms. The van der Waals surface area contributed by atoms with E-state index in [1.807, 2.05) is 65.4 Å². The maximum Gasteiger partial charge on any atom is 0.139 e. The lowest BCUT2D eigenvalue weighted by molar-refractivity contribution is 0.287. The van der Waals surface area contributed by atoms with Gasteiger partial charge in [-0.2, -0.15) is 0 Å². The van der Waals surface area contributed by atoms with Crippen molar-refractivity contribution < 1.29 is 5.11 Å². The van der Waals surface area contributed by atoms with Crippen LogP contribution in [0.3, 0.4) is 0 Å². The highest BCUT2D eigenvalue weighted by Gasteiger charge is 2.11. The van der Waals surface area contributed by atoms with Crippen LogP contribution in [-0.2, 0) is 6.67 Å². The Labute approximate surface area is 168 Å². The van der Waals surface area contributed by atoms with Gasteiger partial charge in [-0.05, 0) is 17.7 Å². The van der Waals surface area contributed by atoms with Gasteiger partial charge in [0.05, 0.1) is 24.0 Å². The number of aromatic nitrogens is 2. The normalized spacial score (nSPS) is 11.1. The third-order valence-corrected chi connectivity index (χ3v) is 4.95. The van der Waals surface area contributed by atoms with E-state index < -0.39 is 0 Å². The van der Waals surface area contributed by atoms with E-state index in [0.717, 1.165) is 33.4 Å². The average Bonchev–Trinajstić information content (AvgIpc) is 3.14. The second-order valence-electron chi connectivity index (χ2n) is 6.47. The molecule has 2 heterocycles. The zero-order valence-electron chi connectivity index (χ0n) is 15.3. The first-order valence-electron chi connectivity index (χ1n) is 9.13. The van der Waals surface area contributed by atoms with Gasteiger partial charge in [0.15, 0.2) is 0 Å². The number of hydrogen-bond acceptors (Lipinski definition) is 4. The summed E-state index contributed by atoms with van der Waals surface area (Å²) >= 11 is 6.70. The van der Waals surface area contributed by atoms with Crippen molar-refractivity contribution in [2.45, 2.75) is 6.67 Å². The lowest BCUT2D eigenvalue weighted by Gasteiger charge is -2.12. The largest absolute Gasteiger partial charge is 0.395 e. The van der Waals surface area contributed by atoms with Crippen molar-refractivity contribution in [1.82, 2.24) is 14.9 Å². The molecule has 0 aliphatic heterocycles. The van der Waals surface area contributed by atoms with E-state index in [1.54, 1.807) is 6.20 Å². The van der Waals surface area contributed by atoms with Gasteiger partial charge < -0.3 is 15.0 Å². The highest BCUT2D eigenvalue weighted by molar-refractivity contribution is 6.36. The highest BCUT2D eigenvalue weighted by Crippen LogP contribution is 2.36. The van der Waals surface area contributed by atoms with Gasteiger partial charge in [-0.15, -0.1) is 0 Å². The highest BCUT2D eigenvalue weighted by atomic mass is 35.5. The molecule has 0 aliphatic carbocycles. The molecular weight excluding hydrogens is 372 g/mol. The Balaban J connectivity index is 1.65. The minimum atomic E-state index is 0.116. The van der Waals surface area contributed by atoms with Gasteiger partial charge >= 0.3 is 0 Å². The molecule has 6 heteroatoms. The molecule has 2 aromatic heterocycles. The standard InChI is InChI=1S/C22H21ClN4O/c23-21-18(16-5-2-1-3-6-16)7-4-8-20(21)26-22-19-14-27(15-24-11-12-28)13-17(19)9-10-25-22/h1-10,13-14,24,28H,11-12,15H2,(H,25,26). The summed E-state index contributed by atoms with van der Waals surface area (Å²) < 4.78 is 2.04. The van der Waals surface area contributed by atoms with Gasteiger partial charge in [0.2, 0.25) is 0 Å². The molecule has 0 saturated carbocycles. The van der Waals surface area contributed by atoms with Crippen LogP contribution in [0.2, 0.25) is 5.02 Å². The van der Waals surface area contributed by atoms with Crippen LogP contribution in [0.4, 0.5) is 11.5 Å². The Morgan fingerprint density at radius 2 is 1.86 bits per heavy atom. The van der Waals surface area contributed by atoms with Crippen LogP contribution in [0.5, 0.6) is 0 Å². The summed E-state index contributed by atoms with van der Waals surface area (Å²) in [5.41, 5.74) is 2.86. The second-order valence-corrected chi connectivity index (χ2v) is 6.85. The fourth-order valence-electron chi connectivity index (χ4n) is 3.19. The van der Waals surface area contributed by atoms with E-state index >= 15 is 0 Å². The Morgan fingerprint density at radius 3 is 2.68 bits per heavy atom. The Bertz CT molecular complexity index is 1080. The van der Waals surface area contributed by atoms with E-state index in [2.05, 4.69) is 21.8 Å². The summed E-state index contributed by atoms with van der Waals surface area (Å²) in [4.78, 5) is 4.51. The number of pyridine rings is 1. The summed E-state index contributed by atoms with van der Waals surface area (Å²) in [5.74, 6) is 0.755. The second kappa shape index (κ2) is 8.44. The minimum Gasteiger partial charge on any atom is -0.395 e. The third kappa shape index (κ3) is 3.87. The van der Waals surface area contributed by atoms with Crippen molar-refractivity contribution in [3.8, 4) is 11.1 Å². The number of nitrogens with zero attached hydrogens (tertiary/aromatic N) is 2. The van der Waals surface area contributed by atoms with Gasteiger partial charge in [0, 0.05) is 41.5 Å². The van der Waals surface area contributed by atoms with E-state index in [9.17, 15) is 0 Å². The van der Waals surface area contributed by atoms with Gasteiger partial charge in [-0.3, -0.25) is 5.32 Å². The number of hydrogen-bond donors (Lipinski definition) is 3. The Morgan fingerprint density at radius 1 is 1.00 bits per heavy atom. The zero-order valence-corrected chi connectivity index (χ0v) is 16.0. The molecule has 0 saturated heterocycles. The lowest BCUT2D eigenvalue weighted by Crippen LogP contribution is -2.20. The van der Waals surface area contributed by atoms with Gasteiger partial charge in [0.1, 0.15) is 5.82 Å². The number of benzene rings is 2. The number of fused-ring (bicyclic) bond motifs is 1. The molecule has 5 nitrogen and oxygen atoms in total. The minimum absolute atomic E-state index is 0.116. The summed E-state index contributed by atoms with van der Waals surface area (Å²) in [6.07, 6.45) is 5.86. The Kier molecular flexibility index (Phi) is 5.58. The molecule has 142 valence electrons. The van der Waals surface area contributed by atoms with Crippen molar-refractivity contribution in [1.29, 1.82) is 0 Å². The molecule has 0 atom stereocenters. The van der Waals surface area contributed by atoms with Crippen molar-refractivity contribution in [3.05, 3.63) is 78.2 Å². The van der Waals surface area contributed by atoms with Gasteiger partial charge in [0.25, 0.3) is 0 Å². The molecule has 3 N–H and O–H groups in total. The van der Waals surface area contributed by atoms with Crippen LogP contribution in [0.1, 0.15) is 0 Å². The molecule has 0 amide bonds. The van der Waals surface area contributed by atoms with Crippen molar-refractivity contribution >= 4 is 33.9 Å². The fraction of sp³-hybridized carbons (Fsp3) is 0.136. The van der Waals surface area contributed by atoms with E-state index in [4.69, 9.17) is 16.7 Å². The van der Waals surface area contributed by atoms with E-state index in [1.165, 1.54) is 0 Å². The first-order valence-corrected chi connectivity index (χ1v) is 9.51. The van der Waals surface area contributed by atoms with Crippen LogP contribution in [0, 0.1) is 0 Å². The lowest BCUT2D eigenvalue weighted by atomic mass is 10.1. The van der Waals surface area contributed by atoms with Crippen LogP contribution in [0.25, 0.3) is 21.9 Å². The molecule has 4 aromatic rings. The number of halogens is 1. The quantitative estimate of drug-likeness (QED) is 0.401. The molecule has 0 spiro atoms. The van der Waals surface area contributed by atoms with Crippen LogP contribution in [-0.4, -0.2) is 27.8 Å². The molecule has 4 rings (SSSR count). The Hall–Kier alpha value is -2.86. The van der Waals surface area contributed by atoms with Crippen molar-refractivity contribution in [2.75, 3.05) is 18.5 Å².